The van der Waals surface area contributed by atoms with Gasteiger partial charge in [-0.3, -0.25) is 27.8 Å². The van der Waals surface area contributed by atoms with E-state index < -0.39 is 80.6 Å². The van der Waals surface area contributed by atoms with Crippen molar-refractivity contribution in [2.24, 2.45) is 0 Å². The van der Waals surface area contributed by atoms with Crippen LogP contribution in [0.1, 0.15) is 163 Å². The number of hydrogen-bond acceptors (Lipinski definition) is 15. The molecule has 83 heavy (non-hydrogen) atoms. The molecule has 0 saturated carbocycles. The van der Waals surface area contributed by atoms with Gasteiger partial charge >= 0.3 is 18.2 Å². The molecule has 2 aromatic rings. The Labute approximate surface area is 490 Å². The highest BCUT2D eigenvalue weighted by Crippen LogP contribution is 2.50. The Morgan fingerprint density at radius 1 is 0.639 bits per heavy atom. The summed E-state index contributed by atoms with van der Waals surface area (Å²) >= 11 is 0. The number of carbonyl (C=O) groups excluding carboxylic acids is 4. The molecule has 6 aliphatic rings. The molecule has 20 nitrogen and oxygen atoms in total. The molecule has 0 aliphatic carbocycles. The van der Waals surface area contributed by atoms with Gasteiger partial charge in [0, 0.05) is 67.8 Å². The lowest BCUT2D eigenvalue weighted by molar-refractivity contribution is -0.142. The van der Waals surface area contributed by atoms with Crippen molar-refractivity contribution in [1.29, 1.82) is 0 Å². The van der Waals surface area contributed by atoms with Crippen molar-refractivity contribution in [3.05, 3.63) is 92.1 Å². The van der Waals surface area contributed by atoms with E-state index in [1.54, 1.807) is 11.8 Å². The number of hydrogen-bond donors (Lipinski definition) is 7. The molecular formula is C61H86N4O16S2. The van der Waals surface area contributed by atoms with Crippen molar-refractivity contribution in [1.82, 2.24) is 19.6 Å². The number of nitrogens with zero attached hydrogens (tertiary/aromatic N) is 4. The summed E-state index contributed by atoms with van der Waals surface area (Å²) in [5.74, 6) is -1.83. The number of rotatable bonds is 20. The van der Waals surface area contributed by atoms with Crippen molar-refractivity contribution in [2.75, 3.05) is 55.7 Å². The Kier molecular flexibility index (Phi) is 19.8. The van der Waals surface area contributed by atoms with Crippen LogP contribution in [0.3, 0.4) is 0 Å². The third-order valence-electron chi connectivity index (χ3n) is 17.1. The van der Waals surface area contributed by atoms with Crippen molar-refractivity contribution in [3.63, 3.8) is 0 Å². The quantitative estimate of drug-likeness (QED) is 0.0607. The third-order valence-corrected chi connectivity index (χ3v) is 20.5. The number of benzene rings is 2. The summed E-state index contributed by atoms with van der Waals surface area (Å²) in [6.45, 7) is 16.1. The fourth-order valence-electron chi connectivity index (χ4n) is 11.7. The first kappa shape index (κ1) is 63.4. The molecule has 6 aliphatic heterocycles. The summed E-state index contributed by atoms with van der Waals surface area (Å²) in [6.07, 6.45) is 10.7. The smallest absolute Gasteiger partial charge is 0.415 e. The average Bonchev–Trinajstić information content (AvgIpc) is 2.06. The summed E-state index contributed by atoms with van der Waals surface area (Å²) < 4.78 is 66.4. The minimum Gasteiger partial charge on any atom is -0.484 e. The Bertz CT molecular complexity index is 2950. The molecule has 2 aromatic carbocycles. The molecule has 4 amide bonds. The first-order chi connectivity index (χ1) is 39.1. The van der Waals surface area contributed by atoms with E-state index in [4.69, 9.17) is 18.9 Å². The van der Waals surface area contributed by atoms with E-state index in [1.165, 1.54) is 49.1 Å². The summed E-state index contributed by atoms with van der Waals surface area (Å²) in [5.41, 5.74) is 4.59. The Balaban J connectivity index is 1.02. The van der Waals surface area contributed by atoms with E-state index in [0.29, 0.717) is 53.7 Å². The van der Waals surface area contributed by atoms with Crippen LogP contribution in [-0.2, 0) is 30.7 Å². The first-order valence-electron chi connectivity index (χ1n) is 29.0. The number of carboxylic acids is 1. The normalized spacial score (nSPS) is 24.7. The fourth-order valence-corrected chi connectivity index (χ4v) is 14.1. The SMILES string of the molecule is CC(C)=CCC/C(C)=C/CC[C@@]1(C)Oc2c(c(OC(=O)N3CCS(O)(O)CC3)cc3c2CN(CCC[C@@H](C(=O)O)N2Cc4c(cc(OC(=O)N5CCS(O)(O)CC5)c5c4O[C@](C)(CC/C=C(\C)CCC=C(C)C)[C@@H](O)C5)C2=O)C3=O)C[C@@H]1O. The van der Waals surface area contributed by atoms with Crippen LogP contribution in [0.2, 0.25) is 0 Å². The molecule has 2 fully saturated rings. The van der Waals surface area contributed by atoms with E-state index in [2.05, 4.69) is 65.8 Å². The number of aliphatic hydroxyl groups is 2. The van der Waals surface area contributed by atoms with Gasteiger partial charge in [-0.1, -0.05) is 46.6 Å². The second kappa shape index (κ2) is 25.9. The summed E-state index contributed by atoms with van der Waals surface area (Å²) in [6, 6.07) is 1.50. The molecule has 8 rings (SSSR count). The molecule has 0 bridgehead atoms. The predicted octanol–water partition coefficient (Wildman–Crippen LogP) is 10.7. The van der Waals surface area contributed by atoms with E-state index in [0.717, 1.165) is 25.7 Å². The number of ether oxygens (including phenoxy) is 4. The highest BCUT2D eigenvalue weighted by atomic mass is 32.3. The van der Waals surface area contributed by atoms with Gasteiger partial charge in [-0.15, -0.1) is 0 Å². The van der Waals surface area contributed by atoms with Crippen LogP contribution in [0.4, 0.5) is 9.59 Å². The van der Waals surface area contributed by atoms with E-state index >= 15 is 0 Å². The summed E-state index contributed by atoms with van der Waals surface area (Å²) in [4.78, 5) is 75.3. The van der Waals surface area contributed by atoms with Crippen molar-refractivity contribution in [3.8, 4) is 23.0 Å². The van der Waals surface area contributed by atoms with Gasteiger partial charge in [-0.25, -0.2) is 14.4 Å². The van der Waals surface area contributed by atoms with Gasteiger partial charge < -0.3 is 53.9 Å². The van der Waals surface area contributed by atoms with Crippen LogP contribution in [0.5, 0.6) is 23.0 Å². The molecule has 5 atom stereocenters. The van der Waals surface area contributed by atoms with Gasteiger partial charge in [0.2, 0.25) is 0 Å². The number of allylic oxidation sites excluding steroid dienone is 8. The maximum absolute atomic E-state index is 14.7. The zero-order valence-corrected chi connectivity index (χ0v) is 51.0. The first-order valence-corrected chi connectivity index (χ1v) is 32.8. The minimum atomic E-state index is -2.84. The number of carbonyl (C=O) groups is 5. The van der Waals surface area contributed by atoms with Crippen LogP contribution in [0, 0.1) is 0 Å². The molecule has 0 unspecified atom stereocenters. The Morgan fingerprint density at radius 3 is 1.48 bits per heavy atom. The molecule has 2 saturated heterocycles. The predicted molar refractivity (Wildman–Crippen MR) is 319 cm³/mol. The van der Waals surface area contributed by atoms with Gasteiger partial charge in [-0.05, 0) is 132 Å². The van der Waals surface area contributed by atoms with Crippen LogP contribution in [-0.4, -0.2) is 168 Å². The molecule has 0 spiro atoms. The number of carboxylic acid groups (broad SMARTS) is 1. The van der Waals surface area contributed by atoms with Gasteiger partial charge in [0.15, 0.2) is 0 Å². The monoisotopic (exact) mass is 1190 g/mol. The van der Waals surface area contributed by atoms with Gasteiger partial charge in [0.1, 0.15) is 40.2 Å². The molecule has 22 heteroatoms. The van der Waals surface area contributed by atoms with E-state index in [1.807, 2.05) is 6.92 Å². The van der Waals surface area contributed by atoms with Crippen molar-refractivity contribution < 1.29 is 76.5 Å². The number of aliphatic hydroxyl groups excluding tert-OH is 2. The standard InChI is InChI=1S/C61H86N4O16S2/c1-38(2)14-9-16-40(5)18-11-21-60(7)51(66)34-44-49(78-58(72)62-24-28-82(74,75)29-25-62)32-42-46(53(44)80-60)36-64(55(42)68)23-13-20-48(57(70)71)65-37-47-43(56(65)69)33-50(79-59(73)63-26-30-83(76,77)31-27-63)45-35-52(67)61(8,81-54(45)47)22-12-19-41(6)17-10-15-39(3)4/h14-15,18-19,32-33,48,51-52,66-67,74-77H,9-13,16-17,20-31,34-37H2,1-8H3,(H,70,71)/b40-18+,41-19+/t48-,51-,52-,60+,61+/m0/s1. The average molecular weight is 1200 g/mol. The Hall–Kier alpha value is -5.59. The molecule has 6 heterocycles. The van der Waals surface area contributed by atoms with Crippen LogP contribution in [0.25, 0.3) is 0 Å². The fraction of sp³-hybridized carbons (Fsp3) is 0.590. The van der Waals surface area contributed by atoms with Crippen LogP contribution in [0.15, 0.2) is 58.7 Å². The molecule has 0 radical (unpaired) electrons. The zero-order chi connectivity index (χ0) is 60.3. The number of amides is 4. The Morgan fingerprint density at radius 2 is 1.06 bits per heavy atom. The highest BCUT2D eigenvalue weighted by molar-refractivity contribution is 8.24. The maximum atomic E-state index is 14.7. The lowest BCUT2D eigenvalue weighted by Gasteiger charge is -2.42. The van der Waals surface area contributed by atoms with Crippen molar-refractivity contribution >= 4 is 51.1 Å². The van der Waals surface area contributed by atoms with E-state index in [9.17, 15) is 57.5 Å². The second-order valence-electron chi connectivity index (χ2n) is 24.3. The molecular weight excluding hydrogens is 1110 g/mol. The second-order valence-corrected chi connectivity index (χ2v) is 29.1. The lowest BCUT2D eigenvalue weighted by atomic mass is 9.84. The van der Waals surface area contributed by atoms with Gasteiger partial charge in [0.05, 0.1) is 59.4 Å². The maximum Gasteiger partial charge on any atom is 0.415 e. The number of aliphatic carboxylic acids is 1. The molecule has 7 N–H and O–H groups in total. The largest absolute Gasteiger partial charge is 0.484 e. The zero-order valence-electron chi connectivity index (χ0n) is 49.4. The molecule has 458 valence electrons. The van der Waals surface area contributed by atoms with Gasteiger partial charge in [0.25, 0.3) is 11.8 Å². The third kappa shape index (κ3) is 14.9. The highest BCUT2D eigenvalue weighted by Gasteiger charge is 2.48. The topological polar surface area (TPSA) is 277 Å². The number of fused-ring (bicyclic) bond motifs is 6. The van der Waals surface area contributed by atoms with Crippen LogP contribution >= 0.6 is 21.2 Å². The van der Waals surface area contributed by atoms with E-state index in [-0.39, 0.29) is 123 Å². The molecule has 0 aromatic heterocycles. The van der Waals surface area contributed by atoms with Crippen molar-refractivity contribution in [2.45, 2.75) is 175 Å². The summed E-state index contributed by atoms with van der Waals surface area (Å²) in [7, 11) is -5.66. The summed E-state index contributed by atoms with van der Waals surface area (Å²) in [5, 5.41) is 34.4. The lowest BCUT2D eigenvalue weighted by Crippen LogP contribution is -2.49. The van der Waals surface area contributed by atoms with Gasteiger partial charge in [-0.2, -0.15) is 21.2 Å². The minimum absolute atomic E-state index is 0.00225. The van der Waals surface area contributed by atoms with Crippen LogP contribution < -0.4 is 18.9 Å².